The monoisotopic (exact) mass is 374 g/mol. The quantitative estimate of drug-likeness (QED) is 0.600. The molecule has 21 heavy (non-hydrogen) atoms. The predicted molar refractivity (Wildman–Crippen MR) is 104 cm³/mol. The Labute approximate surface area is 137 Å². The van der Waals surface area contributed by atoms with E-state index in [-0.39, 0.29) is 0 Å². The van der Waals surface area contributed by atoms with E-state index >= 15 is 0 Å². The number of hydrogen-bond acceptors (Lipinski definition) is 0. The van der Waals surface area contributed by atoms with E-state index in [1.54, 1.807) is 0 Å². The topological polar surface area (TPSA) is 0 Å². The van der Waals surface area contributed by atoms with E-state index in [2.05, 4.69) is 110 Å². The van der Waals surface area contributed by atoms with Gasteiger partial charge < -0.3 is 0 Å². The van der Waals surface area contributed by atoms with Gasteiger partial charge in [0, 0.05) is 0 Å². The predicted octanol–water partition coefficient (Wildman–Crippen LogP) is 4.27. The van der Waals surface area contributed by atoms with Gasteiger partial charge >= 0.3 is 137 Å². The van der Waals surface area contributed by atoms with Crippen molar-refractivity contribution >= 4 is 47.7 Å². The Kier molecular flexibility index (Phi) is 4.55. The standard InChI is InChI=1S/C18H17BrP2/c19-15-11-13-18(14-12-15)21(20,16-7-3-1-4-8-16)17-9-5-2-6-10-17/h1-14,21H,20H2. The molecule has 0 saturated carbocycles. The first-order valence-electron chi connectivity index (χ1n) is 6.87. The maximum atomic E-state index is 3.53. The zero-order valence-corrected chi connectivity index (χ0v) is 15.3. The molecule has 3 aromatic carbocycles. The summed E-state index contributed by atoms with van der Waals surface area (Å²) in [5.74, 6) is 0. The molecule has 1 atom stereocenters. The Morgan fingerprint density at radius 3 is 1.38 bits per heavy atom. The molecule has 1 unspecified atom stereocenters. The fraction of sp³-hybridized carbons (Fsp3) is 0. The second-order valence-electron chi connectivity index (χ2n) is 5.05. The van der Waals surface area contributed by atoms with Crippen molar-refractivity contribution < 1.29 is 0 Å². The molecule has 106 valence electrons. The van der Waals surface area contributed by atoms with Crippen LogP contribution in [0.25, 0.3) is 0 Å². The molecule has 0 aliphatic carbocycles. The van der Waals surface area contributed by atoms with Gasteiger partial charge in [-0.1, -0.05) is 0 Å². The third kappa shape index (κ3) is 2.97. The van der Waals surface area contributed by atoms with E-state index < -0.39 is 6.95 Å². The van der Waals surface area contributed by atoms with Gasteiger partial charge in [0.25, 0.3) is 0 Å². The number of hydrogen-bond donors (Lipinski definition) is 0. The van der Waals surface area contributed by atoms with E-state index in [1.165, 1.54) is 15.9 Å². The number of rotatable bonds is 3. The van der Waals surface area contributed by atoms with E-state index in [4.69, 9.17) is 0 Å². The molecule has 3 heteroatoms. The van der Waals surface area contributed by atoms with Gasteiger partial charge in [-0.05, 0) is 0 Å². The summed E-state index contributed by atoms with van der Waals surface area (Å²) in [6.45, 7) is -2.00. The summed E-state index contributed by atoms with van der Waals surface area (Å²) in [7, 11) is 3.20. The molecule has 0 heterocycles. The Balaban J connectivity index is 2.23. The van der Waals surface area contributed by atoms with Gasteiger partial charge in [-0.25, -0.2) is 0 Å². The van der Waals surface area contributed by atoms with Crippen LogP contribution in [-0.2, 0) is 0 Å². The summed E-state index contributed by atoms with van der Waals surface area (Å²) < 4.78 is 1.12. The Morgan fingerprint density at radius 1 is 0.571 bits per heavy atom. The first-order valence-corrected chi connectivity index (χ1v) is 11.5. The average Bonchev–Trinajstić information content (AvgIpc) is 2.56. The molecule has 0 saturated heterocycles. The van der Waals surface area contributed by atoms with Crippen molar-refractivity contribution in [2.45, 2.75) is 0 Å². The van der Waals surface area contributed by atoms with Crippen LogP contribution in [0.5, 0.6) is 0 Å². The van der Waals surface area contributed by atoms with Crippen LogP contribution >= 0.6 is 31.8 Å². The van der Waals surface area contributed by atoms with Crippen molar-refractivity contribution in [2.24, 2.45) is 0 Å². The van der Waals surface area contributed by atoms with Crippen molar-refractivity contribution in [2.75, 3.05) is 0 Å². The van der Waals surface area contributed by atoms with Gasteiger partial charge in [-0.2, -0.15) is 0 Å². The Bertz CT molecular complexity index is 670. The molecular formula is C18H17BrP2. The second-order valence-corrected chi connectivity index (χ2v) is 11.9. The van der Waals surface area contributed by atoms with Gasteiger partial charge in [0.2, 0.25) is 0 Å². The number of benzene rings is 3. The van der Waals surface area contributed by atoms with E-state index in [0.29, 0.717) is 0 Å². The van der Waals surface area contributed by atoms with Crippen molar-refractivity contribution in [1.29, 1.82) is 0 Å². The minimum atomic E-state index is -2.00. The van der Waals surface area contributed by atoms with Crippen LogP contribution in [0.3, 0.4) is 0 Å². The van der Waals surface area contributed by atoms with Crippen molar-refractivity contribution in [3.05, 3.63) is 89.4 Å². The normalized spacial score (nSPS) is 12.1. The number of halogens is 1. The van der Waals surface area contributed by atoms with E-state index in [0.717, 1.165) is 4.47 Å². The molecule has 0 nitrogen and oxygen atoms in total. The molecule has 0 bridgehead atoms. The summed E-state index contributed by atoms with van der Waals surface area (Å²) in [6.07, 6.45) is 0. The summed E-state index contributed by atoms with van der Waals surface area (Å²) in [5.41, 5.74) is 0. The van der Waals surface area contributed by atoms with Crippen LogP contribution in [0.15, 0.2) is 89.4 Å². The average molecular weight is 375 g/mol. The molecule has 3 rings (SSSR count). The van der Waals surface area contributed by atoms with Crippen LogP contribution < -0.4 is 15.9 Å². The SMILES string of the molecule is P[PH](c1ccccc1)(c1ccccc1)c1ccc(Br)cc1. The second kappa shape index (κ2) is 6.41. The third-order valence-electron chi connectivity index (χ3n) is 3.76. The zero-order chi connectivity index (χ0) is 14.7. The molecular weight excluding hydrogens is 358 g/mol. The molecule has 3 aromatic rings. The van der Waals surface area contributed by atoms with Gasteiger partial charge in [0.1, 0.15) is 0 Å². The first-order chi connectivity index (χ1) is 10.2. The van der Waals surface area contributed by atoms with Crippen molar-refractivity contribution in [1.82, 2.24) is 0 Å². The van der Waals surface area contributed by atoms with Gasteiger partial charge in [-0.15, -0.1) is 0 Å². The summed E-state index contributed by atoms with van der Waals surface area (Å²) >= 11 is 3.53. The van der Waals surface area contributed by atoms with Gasteiger partial charge in [0.15, 0.2) is 0 Å². The van der Waals surface area contributed by atoms with Crippen molar-refractivity contribution in [3.8, 4) is 0 Å². The van der Waals surface area contributed by atoms with Crippen LogP contribution in [0.2, 0.25) is 0 Å². The van der Waals surface area contributed by atoms with Crippen LogP contribution in [0, 0.1) is 0 Å². The van der Waals surface area contributed by atoms with Gasteiger partial charge in [0.05, 0.1) is 0 Å². The minimum absolute atomic E-state index is 1.12. The van der Waals surface area contributed by atoms with Crippen LogP contribution in [-0.4, -0.2) is 0 Å². The summed E-state index contributed by atoms with van der Waals surface area (Å²) in [4.78, 5) is 0. The Morgan fingerprint density at radius 2 is 0.952 bits per heavy atom. The molecule has 0 N–H and O–H groups in total. The molecule has 0 aliphatic rings. The van der Waals surface area contributed by atoms with Gasteiger partial charge in [-0.3, -0.25) is 0 Å². The molecule has 0 radical (unpaired) electrons. The van der Waals surface area contributed by atoms with E-state index in [9.17, 15) is 0 Å². The fourth-order valence-corrected chi connectivity index (χ4v) is 7.74. The molecule has 0 aromatic heterocycles. The van der Waals surface area contributed by atoms with Crippen LogP contribution in [0.4, 0.5) is 0 Å². The summed E-state index contributed by atoms with van der Waals surface area (Å²) in [6, 6.07) is 30.4. The molecule has 0 aliphatic heterocycles. The van der Waals surface area contributed by atoms with Crippen molar-refractivity contribution in [3.63, 3.8) is 0 Å². The van der Waals surface area contributed by atoms with E-state index in [1.807, 2.05) is 0 Å². The third-order valence-corrected chi connectivity index (χ3v) is 11.0. The fourth-order valence-electron chi connectivity index (χ4n) is 2.61. The zero-order valence-electron chi connectivity index (χ0n) is 11.5. The molecule has 0 amide bonds. The maximum absolute atomic E-state index is 3.53. The Hall–Kier alpha value is -1.00. The van der Waals surface area contributed by atoms with Crippen LogP contribution in [0.1, 0.15) is 0 Å². The molecule has 0 fully saturated rings. The summed E-state index contributed by atoms with van der Waals surface area (Å²) in [5, 5.41) is 4.21. The first kappa shape index (κ1) is 14.9. The molecule has 0 spiro atoms.